The zero-order chi connectivity index (χ0) is 18.5. The van der Waals surface area contributed by atoms with E-state index in [9.17, 15) is 4.79 Å². The Morgan fingerprint density at radius 3 is 2.69 bits per heavy atom. The summed E-state index contributed by atoms with van der Waals surface area (Å²) in [6.07, 6.45) is 0.0508. The summed E-state index contributed by atoms with van der Waals surface area (Å²) in [6.45, 7) is 8.06. The van der Waals surface area contributed by atoms with Crippen molar-refractivity contribution in [3.8, 4) is 5.75 Å². The number of carbonyl (C=O) groups is 1. The van der Waals surface area contributed by atoms with Crippen molar-refractivity contribution in [3.05, 3.63) is 41.7 Å². The van der Waals surface area contributed by atoms with Crippen LogP contribution in [-0.4, -0.2) is 53.2 Å². The number of anilines is 2. The molecule has 1 aliphatic rings. The maximum absolute atomic E-state index is 12.7. The molecule has 0 spiro atoms. The van der Waals surface area contributed by atoms with Crippen LogP contribution in [0.3, 0.4) is 0 Å². The third-order valence-electron chi connectivity index (χ3n) is 3.87. The largest absolute Gasteiger partial charge is 0.489 e. The highest BCUT2D eigenvalue weighted by Gasteiger charge is 2.21. The van der Waals surface area contributed by atoms with Crippen LogP contribution in [0.15, 0.2) is 30.3 Å². The molecule has 3 rings (SSSR count). The summed E-state index contributed by atoms with van der Waals surface area (Å²) in [5.74, 6) is 0.989. The maximum Gasteiger partial charge on any atom is 0.272 e. The molecule has 1 aliphatic heterocycles. The minimum absolute atomic E-state index is 0.0508. The second-order valence-electron chi connectivity index (χ2n) is 6.41. The van der Waals surface area contributed by atoms with Crippen molar-refractivity contribution in [3.63, 3.8) is 0 Å². The molecule has 0 aliphatic carbocycles. The lowest BCUT2D eigenvalue weighted by Crippen LogP contribution is -2.41. The van der Waals surface area contributed by atoms with Crippen molar-refractivity contribution in [1.82, 2.24) is 14.9 Å². The lowest BCUT2D eigenvalue weighted by atomic mass is 10.2. The number of aromatic nitrogens is 2. The van der Waals surface area contributed by atoms with E-state index >= 15 is 0 Å². The molecule has 138 valence electrons. The monoisotopic (exact) mass is 356 g/mol. The van der Waals surface area contributed by atoms with Crippen LogP contribution in [0.25, 0.3) is 0 Å². The molecule has 7 heteroatoms. The molecule has 2 heterocycles. The highest BCUT2D eigenvalue weighted by atomic mass is 16.5. The molecule has 7 nitrogen and oxygen atoms in total. The van der Waals surface area contributed by atoms with Crippen LogP contribution in [-0.2, 0) is 4.74 Å². The zero-order valence-corrected chi connectivity index (χ0v) is 15.4. The van der Waals surface area contributed by atoms with E-state index in [-0.39, 0.29) is 12.0 Å². The number of hydrogen-bond acceptors (Lipinski definition) is 6. The molecule has 1 aromatic heterocycles. The van der Waals surface area contributed by atoms with Gasteiger partial charge in [0.25, 0.3) is 5.91 Å². The summed E-state index contributed by atoms with van der Waals surface area (Å²) in [4.78, 5) is 23.3. The number of nitrogens with one attached hydrogen (secondary N) is 1. The molecule has 2 aromatic rings. The number of benzene rings is 1. The van der Waals surface area contributed by atoms with Gasteiger partial charge in [0.05, 0.1) is 25.0 Å². The van der Waals surface area contributed by atoms with Crippen LogP contribution in [0.1, 0.15) is 30.0 Å². The van der Waals surface area contributed by atoms with E-state index in [0.29, 0.717) is 43.7 Å². The average molecular weight is 356 g/mol. The van der Waals surface area contributed by atoms with Gasteiger partial charge in [-0.2, -0.15) is 0 Å². The van der Waals surface area contributed by atoms with Gasteiger partial charge in [-0.15, -0.1) is 0 Å². The Morgan fingerprint density at radius 1 is 1.23 bits per heavy atom. The van der Waals surface area contributed by atoms with E-state index < -0.39 is 0 Å². The van der Waals surface area contributed by atoms with Crippen LogP contribution in [0, 0.1) is 6.92 Å². The Balaban J connectivity index is 1.83. The van der Waals surface area contributed by atoms with Gasteiger partial charge in [-0.1, -0.05) is 12.1 Å². The van der Waals surface area contributed by atoms with Crippen LogP contribution in [0.5, 0.6) is 5.75 Å². The predicted octanol–water partition coefficient (Wildman–Crippen LogP) is 2.79. The molecule has 1 aromatic carbocycles. The minimum atomic E-state index is -0.103. The SMILES string of the molecule is Cc1cc(C(=O)N2CCOCC2)nc(Nc2ccccc2OC(C)C)n1. The van der Waals surface area contributed by atoms with Gasteiger partial charge in [-0.05, 0) is 39.0 Å². The van der Waals surface area contributed by atoms with Gasteiger partial charge in [-0.25, -0.2) is 9.97 Å². The van der Waals surface area contributed by atoms with Gasteiger partial charge in [0.2, 0.25) is 5.95 Å². The van der Waals surface area contributed by atoms with E-state index in [0.717, 1.165) is 11.4 Å². The molecule has 0 saturated carbocycles. The number of carbonyl (C=O) groups excluding carboxylic acids is 1. The molecule has 0 atom stereocenters. The molecular weight excluding hydrogens is 332 g/mol. The van der Waals surface area contributed by atoms with Crippen molar-refractivity contribution in [2.45, 2.75) is 26.9 Å². The summed E-state index contributed by atoms with van der Waals surface area (Å²) in [5, 5.41) is 3.17. The summed E-state index contributed by atoms with van der Waals surface area (Å²) >= 11 is 0. The van der Waals surface area contributed by atoms with Crippen molar-refractivity contribution < 1.29 is 14.3 Å². The smallest absolute Gasteiger partial charge is 0.272 e. The summed E-state index contributed by atoms with van der Waals surface area (Å²) < 4.78 is 11.1. The van der Waals surface area contributed by atoms with Gasteiger partial charge >= 0.3 is 0 Å². The number of ether oxygens (including phenoxy) is 2. The predicted molar refractivity (Wildman–Crippen MR) is 99.0 cm³/mol. The Morgan fingerprint density at radius 2 is 1.96 bits per heavy atom. The lowest BCUT2D eigenvalue weighted by Gasteiger charge is -2.26. The summed E-state index contributed by atoms with van der Waals surface area (Å²) in [7, 11) is 0. The molecule has 0 bridgehead atoms. The number of rotatable bonds is 5. The summed E-state index contributed by atoms with van der Waals surface area (Å²) in [5.41, 5.74) is 1.86. The van der Waals surface area contributed by atoms with Gasteiger partial charge in [0.1, 0.15) is 11.4 Å². The van der Waals surface area contributed by atoms with Crippen molar-refractivity contribution in [2.24, 2.45) is 0 Å². The first kappa shape index (κ1) is 18.1. The highest BCUT2D eigenvalue weighted by molar-refractivity contribution is 5.92. The topological polar surface area (TPSA) is 76.6 Å². The second kappa shape index (κ2) is 8.14. The van der Waals surface area contributed by atoms with Gasteiger partial charge in [-0.3, -0.25) is 4.79 Å². The van der Waals surface area contributed by atoms with Crippen molar-refractivity contribution in [1.29, 1.82) is 0 Å². The molecule has 26 heavy (non-hydrogen) atoms. The maximum atomic E-state index is 12.7. The first-order valence-corrected chi connectivity index (χ1v) is 8.78. The Labute approximate surface area is 153 Å². The third kappa shape index (κ3) is 4.49. The summed E-state index contributed by atoms with van der Waals surface area (Å²) in [6, 6.07) is 9.31. The number of aryl methyl sites for hydroxylation is 1. The van der Waals surface area contributed by atoms with Crippen LogP contribution >= 0.6 is 0 Å². The van der Waals surface area contributed by atoms with E-state index in [1.54, 1.807) is 11.0 Å². The van der Waals surface area contributed by atoms with E-state index in [2.05, 4.69) is 15.3 Å². The fourth-order valence-corrected chi connectivity index (χ4v) is 2.71. The first-order chi connectivity index (χ1) is 12.5. The normalized spacial score (nSPS) is 14.4. The van der Waals surface area contributed by atoms with Gasteiger partial charge in [0, 0.05) is 18.8 Å². The fraction of sp³-hybridized carbons (Fsp3) is 0.421. The van der Waals surface area contributed by atoms with E-state index in [1.807, 2.05) is 45.0 Å². The Hall–Kier alpha value is -2.67. The molecule has 1 amide bonds. The number of hydrogen-bond donors (Lipinski definition) is 1. The van der Waals surface area contributed by atoms with Crippen molar-refractivity contribution >= 4 is 17.5 Å². The average Bonchev–Trinajstić information content (AvgIpc) is 2.62. The fourth-order valence-electron chi connectivity index (χ4n) is 2.71. The van der Waals surface area contributed by atoms with Crippen LogP contribution in [0.2, 0.25) is 0 Å². The highest BCUT2D eigenvalue weighted by Crippen LogP contribution is 2.27. The number of amides is 1. The first-order valence-electron chi connectivity index (χ1n) is 8.78. The minimum Gasteiger partial charge on any atom is -0.489 e. The Bertz CT molecular complexity index is 773. The zero-order valence-electron chi connectivity index (χ0n) is 15.4. The third-order valence-corrected chi connectivity index (χ3v) is 3.87. The molecule has 1 N–H and O–H groups in total. The Kier molecular flexibility index (Phi) is 5.68. The molecule has 1 fully saturated rings. The van der Waals surface area contributed by atoms with E-state index in [1.165, 1.54) is 0 Å². The lowest BCUT2D eigenvalue weighted by molar-refractivity contribution is 0.0299. The van der Waals surface area contributed by atoms with Crippen LogP contribution in [0.4, 0.5) is 11.6 Å². The number of morpholine rings is 1. The number of nitrogens with zero attached hydrogens (tertiary/aromatic N) is 3. The molecule has 0 radical (unpaired) electrons. The quantitative estimate of drug-likeness (QED) is 0.888. The number of para-hydroxylation sites is 2. The van der Waals surface area contributed by atoms with Gasteiger partial charge in [0.15, 0.2) is 0 Å². The molecule has 0 unspecified atom stereocenters. The standard InChI is InChI=1S/C19H24N4O3/c1-13(2)26-17-7-5-4-6-15(17)21-19-20-14(3)12-16(22-19)18(24)23-8-10-25-11-9-23/h4-7,12-13H,8-11H2,1-3H3,(H,20,21,22). The molecule has 1 saturated heterocycles. The van der Waals surface area contributed by atoms with Crippen LogP contribution < -0.4 is 10.1 Å². The molecular formula is C19H24N4O3. The second-order valence-corrected chi connectivity index (χ2v) is 6.41. The van der Waals surface area contributed by atoms with E-state index in [4.69, 9.17) is 9.47 Å². The van der Waals surface area contributed by atoms with Gasteiger partial charge < -0.3 is 19.7 Å². The van der Waals surface area contributed by atoms with Crippen molar-refractivity contribution in [2.75, 3.05) is 31.6 Å².